The highest BCUT2D eigenvalue weighted by atomic mass is 16.2. The molecule has 0 unspecified atom stereocenters. The summed E-state index contributed by atoms with van der Waals surface area (Å²) in [6, 6.07) is 12.6. The largest absolute Gasteiger partial charge is 0.396 e. The summed E-state index contributed by atoms with van der Waals surface area (Å²) in [4.78, 5) is 6.81. The molecule has 0 aliphatic carbocycles. The van der Waals surface area contributed by atoms with Crippen molar-refractivity contribution in [3.05, 3.63) is 53.7 Å². The fourth-order valence-electron chi connectivity index (χ4n) is 2.62. The number of benzene rings is 1. The lowest BCUT2D eigenvalue weighted by atomic mass is 10.0. The van der Waals surface area contributed by atoms with Gasteiger partial charge in [-0.15, -0.1) is 0 Å². The molecule has 0 saturated heterocycles. The monoisotopic (exact) mass is 254 g/mol. The zero-order valence-corrected chi connectivity index (χ0v) is 10.9. The van der Waals surface area contributed by atoms with Crippen molar-refractivity contribution in [1.29, 1.82) is 0 Å². The third kappa shape index (κ3) is 2.47. The van der Waals surface area contributed by atoms with Crippen molar-refractivity contribution in [3.8, 4) is 0 Å². The summed E-state index contributed by atoms with van der Waals surface area (Å²) >= 11 is 0. The smallest absolute Gasteiger partial charge is 0.132 e. The van der Waals surface area contributed by atoms with Crippen molar-refractivity contribution < 1.29 is 5.11 Å². The molecule has 1 N–H and O–H groups in total. The number of aliphatic hydroxyl groups is 1. The standard InChI is InChI=1S/C16H18N2O/c19-11-9-13-7-8-16(17-12-13)18-10-3-5-14-4-1-2-6-15(14)18/h1-2,4,6-8,12,19H,3,5,9-11H2. The van der Waals surface area contributed by atoms with Crippen LogP contribution in [-0.2, 0) is 12.8 Å². The second kappa shape index (κ2) is 5.41. The predicted molar refractivity (Wildman–Crippen MR) is 76.8 cm³/mol. The number of nitrogens with zero attached hydrogens (tertiary/aromatic N) is 2. The summed E-state index contributed by atoms with van der Waals surface area (Å²) in [6.07, 6.45) is 4.85. The highest BCUT2D eigenvalue weighted by Gasteiger charge is 2.18. The van der Waals surface area contributed by atoms with Gasteiger partial charge in [0.15, 0.2) is 0 Å². The maximum atomic E-state index is 8.93. The molecular weight excluding hydrogens is 236 g/mol. The first-order valence-corrected chi connectivity index (χ1v) is 6.80. The number of fused-ring (bicyclic) bond motifs is 1. The van der Waals surface area contributed by atoms with Crippen LogP contribution in [0.1, 0.15) is 17.5 Å². The van der Waals surface area contributed by atoms with Crippen LogP contribution in [0.4, 0.5) is 11.5 Å². The second-order valence-corrected chi connectivity index (χ2v) is 4.88. The van der Waals surface area contributed by atoms with E-state index in [0.717, 1.165) is 30.8 Å². The Morgan fingerprint density at radius 2 is 2.05 bits per heavy atom. The first-order valence-electron chi connectivity index (χ1n) is 6.80. The normalized spacial score (nSPS) is 14.3. The highest BCUT2D eigenvalue weighted by molar-refractivity contribution is 5.65. The van der Waals surface area contributed by atoms with Crippen LogP contribution in [0.25, 0.3) is 0 Å². The molecule has 1 aromatic carbocycles. The molecule has 0 saturated carbocycles. The van der Waals surface area contributed by atoms with Gasteiger partial charge in [-0.05, 0) is 42.5 Å². The van der Waals surface area contributed by atoms with Gasteiger partial charge in [0.1, 0.15) is 5.82 Å². The van der Waals surface area contributed by atoms with E-state index in [0.29, 0.717) is 6.42 Å². The van der Waals surface area contributed by atoms with Gasteiger partial charge in [0.25, 0.3) is 0 Å². The number of aliphatic hydroxyl groups excluding tert-OH is 1. The minimum atomic E-state index is 0.174. The Morgan fingerprint density at radius 3 is 2.84 bits per heavy atom. The van der Waals surface area contributed by atoms with Gasteiger partial charge >= 0.3 is 0 Å². The Labute approximate surface area is 113 Å². The zero-order valence-electron chi connectivity index (χ0n) is 10.9. The van der Waals surface area contributed by atoms with Crippen LogP contribution in [0, 0.1) is 0 Å². The molecule has 3 rings (SSSR count). The van der Waals surface area contributed by atoms with Crippen LogP contribution in [0.15, 0.2) is 42.6 Å². The van der Waals surface area contributed by atoms with Crippen LogP contribution in [0.2, 0.25) is 0 Å². The fourth-order valence-corrected chi connectivity index (χ4v) is 2.62. The van der Waals surface area contributed by atoms with Crippen molar-refractivity contribution in [3.63, 3.8) is 0 Å². The van der Waals surface area contributed by atoms with Gasteiger partial charge in [-0.1, -0.05) is 24.3 Å². The average molecular weight is 254 g/mol. The van der Waals surface area contributed by atoms with E-state index in [1.54, 1.807) is 0 Å². The molecule has 2 heterocycles. The molecule has 98 valence electrons. The van der Waals surface area contributed by atoms with Crippen molar-refractivity contribution in [2.75, 3.05) is 18.1 Å². The zero-order chi connectivity index (χ0) is 13.1. The lowest BCUT2D eigenvalue weighted by molar-refractivity contribution is 0.299. The number of rotatable bonds is 3. The van der Waals surface area contributed by atoms with E-state index in [2.05, 4.69) is 40.2 Å². The second-order valence-electron chi connectivity index (χ2n) is 4.88. The van der Waals surface area contributed by atoms with Gasteiger partial charge in [-0.2, -0.15) is 0 Å². The topological polar surface area (TPSA) is 36.4 Å². The Bertz CT molecular complexity index is 551. The van der Waals surface area contributed by atoms with Crippen LogP contribution in [0.3, 0.4) is 0 Å². The first kappa shape index (κ1) is 12.2. The molecule has 0 amide bonds. The molecule has 3 nitrogen and oxygen atoms in total. The minimum Gasteiger partial charge on any atom is -0.396 e. The van der Waals surface area contributed by atoms with Crippen LogP contribution in [0.5, 0.6) is 0 Å². The molecule has 1 aromatic heterocycles. The minimum absolute atomic E-state index is 0.174. The van der Waals surface area contributed by atoms with E-state index in [1.165, 1.54) is 11.3 Å². The summed E-state index contributed by atoms with van der Waals surface area (Å²) in [5.74, 6) is 0.994. The fraction of sp³-hybridized carbons (Fsp3) is 0.312. The summed E-state index contributed by atoms with van der Waals surface area (Å²) in [7, 11) is 0. The van der Waals surface area contributed by atoms with Crippen molar-refractivity contribution in [2.45, 2.75) is 19.3 Å². The average Bonchev–Trinajstić information content (AvgIpc) is 2.48. The molecule has 3 heteroatoms. The number of pyridine rings is 1. The quantitative estimate of drug-likeness (QED) is 0.915. The van der Waals surface area contributed by atoms with Gasteiger partial charge in [0.05, 0.1) is 0 Å². The molecule has 2 aromatic rings. The van der Waals surface area contributed by atoms with E-state index >= 15 is 0 Å². The molecule has 1 aliphatic rings. The lowest BCUT2D eigenvalue weighted by Crippen LogP contribution is -2.25. The van der Waals surface area contributed by atoms with Gasteiger partial charge in [0.2, 0.25) is 0 Å². The van der Waals surface area contributed by atoms with Gasteiger partial charge in [0, 0.05) is 25.0 Å². The Balaban J connectivity index is 1.90. The van der Waals surface area contributed by atoms with E-state index in [4.69, 9.17) is 5.11 Å². The van der Waals surface area contributed by atoms with Crippen LogP contribution in [-0.4, -0.2) is 23.2 Å². The molecule has 0 radical (unpaired) electrons. The number of anilines is 2. The first-order chi connectivity index (χ1) is 9.38. The van der Waals surface area contributed by atoms with Crippen molar-refractivity contribution in [2.24, 2.45) is 0 Å². The molecule has 0 fully saturated rings. The third-order valence-electron chi connectivity index (χ3n) is 3.60. The Hall–Kier alpha value is -1.87. The van der Waals surface area contributed by atoms with Crippen molar-refractivity contribution in [1.82, 2.24) is 4.98 Å². The number of aromatic nitrogens is 1. The third-order valence-corrected chi connectivity index (χ3v) is 3.60. The molecule has 0 bridgehead atoms. The Kier molecular flexibility index (Phi) is 3.47. The van der Waals surface area contributed by atoms with Crippen LogP contribution >= 0.6 is 0 Å². The SMILES string of the molecule is OCCc1ccc(N2CCCc3ccccc32)nc1. The molecular formula is C16H18N2O. The van der Waals surface area contributed by atoms with Gasteiger partial charge in [-0.25, -0.2) is 4.98 Å². The van der Waals surface area contributed by atoms with E-state index in [1.807, 2.05) is 12.3 Å². The van der Waals surface area contributed by atoms with E-state index in [-0.39, 0.29) is 6.61 Å². The molecule has 0 atom stereocenters. The Morgan fingerprint density at radius 1 is 1.16 bits per heavy atom. The molecule has 19 heavy (non-hydrogen) atoms. The number of hydrogen-bond acceptors (Lipinski definition) is 3. The van der Waals surface area contributed by atoms with Gasteiger partial charge in [-0.3, -0.25) is 0 Å². The molecule has 1 aliphatic heterocycles. The maximum absolute atomic E-state index is 8.93. The maximum Gasteiger partial charge on any atom is 0.132 e. The summed E-state index contributed by atoms with van der Waals surface area (Å²) in [6.45, 7) is 1.19. The van der Waals surface area contributed by atoms with E-state index in [9.17, 15) is 0 Å². The van der Waals surface area contributed by atoms with Crippen LogP contribution < -0.4 is 4.90 Å². The lowest BCUT2D eigenvalue weighted by Gasteiger charge is -2.30. The van der Waals surface area contributed by atoms with Crippen molar-refractivity contribution >= 4 is 11.5 Å². The summed E-state index contributed by atoms with van der Waals surface area (Å²) in [5.41, 5.74) is 3.75. The van der Waals surface area contributed by atoms with E-state index < -0.39 is 0 Å². The van der Waals surface area contributed by atoms with Gasteiger partial charge < -0.3 is 10.0 Å². The number of hydrogen-bond donors (Lipinski definition) is 1. The molecule has 0 spiro atoms. The predicted octanol–water partition coefficient (Wildman–Crippen LogP) is 2.70. The summed E-state index contributed by atoms with van der Waals surface area (Å²) < 4.78 is 0. The highest BCUT2D eigenvalue weighted by Crippen LogP contribution is 2.31. The summed E-state index contributed by atoms with van der Waals surface area (Å²) in [5, 5.41) is 8.93. The number of para-hydroxylation sites is 1. The number of aryl methyl sites for hydroxylation is 1.